The Kier molecular flexibility index (Phi) is 6.64. The van der Waals surface area contributed by atoms with E-state index in [0.717, 1.165) is 38.2 Å². The van der Waals surface area contributed by atoms with Crippen LogP contribution in [0.4, 0.5) is 5.13 Å². The van der Waals surface area contributed by atoms with Crippen molar-refractivity contribution in [3.8, 4) is 0 Å². The number of aromatic nitrogens is 1. The fraction of sp³-hybridized carbons (Fsp3) is 0.737. The molecule has 26 heavy (non-hydrogen) atoms. The zero-order valence-electron chi connectivity index (χ0n) is 15.9. The molecule has 2 saturated heterocycles. The first-order valence-electron chi connectivity index (χ1n) is 9.79. The molecule has 0 aliphatic carbocycles. The van der Waals surface area contributed by atoms with E-state index < -0.39 is 0 Å². The van der Waals surface area contributed by atoms with E-state index in [1.54, 1.807) is 0 Å². The number of amides is 2. The molecule has 2 fully saturated rings. The van der Waals surface area contributed by atoms with Gasteiger partial charge in [0, 0.05) is 36.9 Å². The lowest BCUT2D eigenvalue weighted by molar-refractivity contribution is -0.137. The fourth-order valence-electron chi connectivity index (χ4n) is 3.72. The standard InChI is InChI=1S/C19H30N4O2S/c1-14(2)18(25)23-10-6-15(7-11-23)17(24)21-19-20-16(13-26-19)12-22-8-4-3-5-9-22/h13-15H,3-12H2,1-2H3,(H,20,21,24). The van der Waals surface area contributed by atoms with Gasteiger partial charge in [-0.2, -0.15) is 0 Å². The first-order valence-corrected chi connectivity index (χ1v) is 10.7. The zero-order chi connectivity index (χ0) is 18.5. The second kappa shape index (κ2) is 8.95. The van der Waals surface area contributed by atoms with Crippen LogP contribution in [0.15, 0.2) is 5.38 Å². The molecule has 6 nitrogen and oxygen atoms in total. The minimum absolute atomic E-state index is 0.0222. The lowest BCUT2D eigenvalue weighted by Crippen LogP contribution is -2.43. The largest absolute Gasteiger partial charge is 0.342 e. The number of carbonyl (C=O) groups is 2. The van der Waals surface area contributed by atoms with Crippen molar-refractivity contribution in [3.05, 3.63) is 11.1 Å². The van der Waals surface area contributed by atoms with E-state index in [9.17, 15) is 9.59 Å². The van der Waals surface area contributed by atoms with Crippen LogP contribution in [0.3, 0.4) is 0 Å². The van der Waals surface area contributed by atoms with Gasteiger partial charge < -0.3 is 10.2 Å². The third kappa shape index (κ3) is 5.04. The maximum absolute atomic E-state index is 12.5. The van der Waals surface area contributed by atoms with Gasteiger partial charge >= 0.3 is 0 Å². The Morgan fingerprint density at radius 1 is 1.19 bits per heavy atom. The highest BCUT2D eigenvalue weighted by atomic mass is 32.1. The number of nitrogens with one attached hydrogen (secondary N) is 1. The summed E-state index contributed by atoms with van der Waals surface area (Å²) in [6, 6.07) is 0. The highest BCUT2D eigenvalue weighted by Crippen LogP contribution is 2.23. The summed E-state index contributed by atoms with van der Waals surface area (Å²) in [5, 5.41) is 5.73. The Bertz CT molecular complexity index is 617. The molecule has 1 aromatic rings. The molecule has 0 atom stereocenters. The maximum Gasteiger partial charge on any atom is 0.229 e. The van der Waals surface area contributed by atoms with E-state index in [-0.39, 0.29) is 23.7 Å². The van der Waals surface area contributed by atoms with Crippen molar-refractivity contribution in [3.63, 3.8) is 0 Å². The van der Waals surface area contributed by atoms with Gasteiger partial charge in [-0.25, -0.2) is 4.98 Å². The predicted molar refractivity (Wildman–Crippen MR) is 104 cm³/mol. The van der Waals surface area contributed by atoms with Gasteiger partial charge in [0.1, 0.15) is 0 Å². The monoisotopic (exact) mass is 378 g/mol. The van der Waals surface area contributed by atoms with Crippen LogP contribution in [-0.2, 0) is 16.1 Å². The number of piperidine rings is 2. The first-order chi connectivity index (χ1) is 12.5. The molecule has 0 bridgehead atoms. The molecule has 0 aromatic carbocycles. The van der Waals surface area contributed by atoms with Gasteiger partial charge in [-0.3, -0.25) is 14.5 Å². The summed E-state index contributed by atoms with van der Waals surface area (Å²) in [5.74, 6) is 0.223. The van der Waals surface area contributed by atoms with Crippen LogP contribution in [0.25, 0.3) is 0 Å². The van der Waals surface area contributed by atoms with Crippen LogP contribution in [0.2, 0.25) is 0 Å². The quantitative estimate of drug-likeness (QED) is 0.855. The molecule has 1 aromatic heterocycles. The molecule has 1 N–H and O–H groups in total. The van der Waals surface area contributed by atoms with Crippen LogP contribution >= 0.6 is 11.3 Å². The number of rotatable bonds is 5. The van der Waals surface area contributed by atoms with Gasteiger partial charge in [-0.05, 0) is 38.8 Å². The molecule has 0 radical (unpaired) electrons. The number of anilines is 1. The lowest BCUT2D eigenvalue weighted by Gasteiger charge is -2.32. The summed E-state index contributed by atoms with van der Waals surface area (Å²) >= 11 is 1.51. The number of hydrogen-bond donors (Lipinski definition) is 1. The van der Waals surface area contributed by atoms with Crippen molar-refractivity contribution < 1.29 is 9.59 Å². The molecule has 0 unspecified atom stereocenters. The van der Waals surface area contributed by atoms with Crippen molar-refractivity contribution in [2.45, 2.75) is 52.5 Å². The summed E-state index contributed by atoms with van der Waals surface area (Å²) in [6.45, 7) is 8.36. The number of likely N-dealkylation sites (tertiary alicyclic amines) is 2. The predicted octanol–water partition coefficient (Wildman–Crippen LogP) is 2.96. The molecule has 144 valence electrons. The number of thiazole rings is 1. The third-order valence-electron chi connectivity index (χ3n) is 5.29. The van der Waals surface area contributed by atoms with Gasteiger partial charge in [0.15, 0.2) is 5.13 Å². The molecular weight excluding hydrogens is 348 g/mol. The average molecular weight is 379 g/mol. The highest BCUT2D eigenvalue weighted by molar-refractivity contribution is 7.13. The summed E-state index contributed by atoms with van der Waals surface area (Å²) in [6.07, 6.45) is 5.33. The summed E-state index contributed by atoms with van der Waals surface area (Å²) in [5.41, 5.74) is 1.05. The summed E-state index contributed by atoms with van der Waals surface area (Å²) in [4.78, 5) is 33.5. The van der Waals surface area contributed by atoms with Gasteiger partial charge in [-0.15, -0.1) is 11.3 Å². The topological polar surface area (TPSA) is 65.5 Å². The van der Waals surface area contributed by atoms with Gasteiger partial charge in [-0.1, -0.05) is 20.3 Å². The van der Waals surface area contributed by atoms with E-state index >= 15 is 0 Å². The molecule has 3 heterocycles. The smallest absolute Gasteiger partial charge is 0.229 e. The normalized spacial score (nSPS) is 19.7. The Hall–Kier alpha value is -1.47. The van der Waals surface area contributed by atoms with Crippen LogP contribution < -0.4 is 5.32 Å². The maximum atomic E-state index is 12.5. The third-order valence-corrected chi connectivity index (χ3v) is 6.09. The van der Waals surface area contributed by atoms with Crippen molar-refractivity contribution in [1.82, 2.24) is 14.8 Å². The molecule has 2 aliphatic rings. The Morgan fingerprint density at radius 3 is 2.54 bits per heavy atom. The van der Waals surface area contributed by atoms with Crippen molar-refractivity contribution in [2.24, 2.45) is 11.8 Å². The Morgan fingerprint density at radius 2 is 1.88 bits per heavy atom. The molecule has 3 rings (SSSR count). The summed E-state index contributed by atoms with van der Waals surface area (Å²) < 4.78 is 0. The molecule has 0 saturated carbocycles. The van der Waals surface area contributed by atoms with Crippen molar-refractivity contribution in [2.75, 3.05) is 31.5 Å². The SMILES string of the molecule is CC(C)C(=O)N1CCC(C(=O)Nc2nc(CN3CCCCC3)cs2)CC1. The summed E-state index contributed by atoms with van der Waals surface area (Å²) in [7, 11) is 0. The second-order valence-electron chi connectivity index (χ2n) is 7.72. The van der Waals surface area contributed by atoms with Crippen molar-refractivity contribution in [1.29, 1.82) is 0 Å². The average Bonchev–Trinajstić information content (AvgIpc) is 3.08. The first kappa shape index (κ1) is 19.3. The molecule has 2 aliphatic heterocycles. The van der Waals surface area contributed by atoms with E-state index in [4.69, 9.17) is 0 Å². The number of hydrogen-bond acceptors (Lipinski definition) is 5. The molecule has 2 amide bonds. The Balaban J connectivity index is 1.46. The lowest BCUT2D eigenvalue weighted by atomic mass is 9.95. The van der Waals surface area contributed by atoms with Gasteiger partial charge in [0.05, 0.1) is 5.69 Å². The van der Waals surface area contributed by atoms with E-state index in [1.807, 2.05) is 24.1 Å². The molecular formula is C19H30N4O2S. The van der Waals surface area contributed by atoms with Crippen LogP contribution in [0.5, 0.6) is 0 Å². The minimum Gasteiger partial charge on any atom is -0.342 e. The second-order valence-corrected chi connectivity index (χ2v) is 8.58. The van der Waals surface area contributed by atoms with E-state index in [2.05, 4.69) is 15.2 Å². The fourth-order valence-corrected chi connectivity index (χ4v) is 4.42. The van der Waals surface area contributed by atoms with E-state index in [1.165, 1.54) is 30.6 Å². The van der Waals surface area contributed by atoms with E-state index in [0.29, 0.717) is 18.2 Å². The van der Waals surface area contributed by atoms with Gasteiger partial charge in [0.2, 0.25) is 11.8 Å². The molecule has 7 heteroatoms. The van der Waals surface area contributed by atoms with Crippen molar-refractivity contribution >= 4 is 28.3 Å². The number of nitrogens with zero attached hydrogens (tertiary/aromatic N) is 3. The van der Waals surface area contributed by atoms with Crippen LogP contribution in [0, 0.1) is 11.8 Å². The van der Waals surface area contributed by atoms with Crippen LogP contribution in [0.1, 0.15) is 51.6 Å². The zero-order valence-corrected chi connectivity index (χ0v) is 16.7. The van der Waals surface area contributed by atoms with Gasteiger partial charge in [0.25, 0.3) is 0 Å². The minimum atomic E-state index is -0.0272. The molecule has 0 spiro atoms. The Labute approximate surface area is 160 Å². The number of carbonyl (C=O) groups excluding carboxylic acids is 2. The highest BCUT2D eigenvalue weighted by Gasteiger charge is 2.28. The van der Waals surface area contributed by atoms with Crippen LogP contribution in [-0.4, -0.2) is 52.8 Å².